The maximum absolute atomic E-state index is 13.9. The van der Waals surface area contributed by atoms with Crippen LogP contribution in [0.15, 0.2) is 83.0 Å². The Balaban J connectivity index is 1.18. The van der Waals surface area contributed by atoms with E-state index in [4.69, 9.17) is 9.47 Å². The van der Waals surface area contributed by atoms with Gasteiger partial charge in [-0.25, -0.2) is 9.59 Å². The van der Waals surface area contributed by atoms with Gasteiger partial charge in [-0.1, -0.05) is 68.5 Å². The van der Waals surface area contributed by atoms with Gasteiger partial charge in [-0.3, -0.25) is 14.5 Å². The van der Waals surface area contributed by atoms with Crippen LogP contribution >= 0.6 is 0 Å². The quantitative estimate of drug-likeness (QED) is 0.108. The molecule has 11 nitrogen and oxygen atoms in total. The Morgan fingerprint density at radius 2 is 1.64 bits per heavy atom. The third kappa shape index (κ3) is 8.17. The molecule has 2 heterocycles. The molecule has 2 fully saturated rings. The Morgan fingerprint density at radius 3 is 2.36 bits per heavy atom. The zero-order valence-electron chi connectivity index (χ0n) is 32.8. The second-order valence-corrected chi connectivity index (χ2v) is 16.0. The molecule has 0 bridgehead atoms. The lowest BCUT2D eigenvalue weighted by molar-refractivity contribution is -0.137. The van der Waals surface area contributed by atoms with Gasteiger partial charge in [-0.05, 0) is 107 Å². The zero-order chi connectivity index (χ0) is 39.5. The Bertz CT molecular complexity index is 2180. The summed E-state index contributed by atoms with van der Waals surface area (Å²) in [5.41, 5.74) is 5.00. The van der Waals surface area contributed by atoms with Crippen LogP contribution in [0.5, 0.6) is 0 Å². The van der Waals surface area contributed by atoms with Gasteiger partial charge in [0.1, 0.15) is 5.60 Å². The molecule has 292 valence electrons. The molecule has 11 heteroatoms. The van der Waals surface area contributed by atoms with Crippen LogP contribution in [0.25, 0.3) is 28.2 Å². The van der Waals surface area contributed by atoms with E-state index in [-0.39, 0.29) is 12.0 Å². The van der Waals surface area contributed by atoms with E-state index in [0.29, 0.717) is 49.7 Å². The second-order valence-electron chi connectivity index (χ2n) is 16.0. The number of aromatic nitrogens is 1. The van der Waals surface area contributed by atoms with E-state index in [2.05, 4.69) is 26.2 Å². The van der Waals surface area contributed by atoms with Crippen molar-refractivity contribution >= 4 is 52.2 Å². The predicted molar refractivity (Wildman–Crippen MR) is 218 cm³/mol. The van der Waals surface area contributed by atoms with Crippen LogP contribution in [0, 0.1) is 0 Å². The van der Waals surface area contributed by atoms with Gasteiger partial charge in [0.25, 0.3) is 11.8 Å². The van der Waals surface area contributed by atoms with Gasteiger partial charge >= 0.3 is 12.1 Å². The monoisotopic (exact) mass is 757 g/mol. The summed E-state index contributed by atoms with van der Waals surface area (Å²) in [6, 6.07) is 20.9. The maximum Gasteiger partial charge on any atom is 0.414 e. The minimum absolute atomic E-state index is 0.303. The summed E-state index contributed by atoms with van der Waals surface area (Å²) in [4.78, 5) is 54.6. The summed E-state index contributed by atoms with van der Waals surface area (Å²) in [7, 11) is 0. The highest BCUT2D eigenvalue weighted by Gasteiger charge is 2.42. The van der Waals surface area contributed by atoms with Crippen molar-refractivity contribution in [3.8, 4) is 11.3 Å². The Hall–Kier alpha value is -5.58. The van der Waals surface area contributed by atoms with Gasteiger partial charge in [-0.2, -0.15) is 5.11 Å². The van der Waals surface area contributed by atoms with Crippen LogP contribution < -0.4 is 10.2 Å². The van der Waals surface area contributed by atoms with Crippen molar-refractivity contribution in [2.75, 3.05) is 23.4 Å². The van der Waals surface area contributed by atoms with Crippen LogP contribution in [0.3, 0.4) is 0 Å². The maximum atomic E-state index is 13.9. The minimum Gasteiger partial charge on any atom is -0.463 e. The number of hydrogen-bond donors (Lipinski definition) is 1. The molecule has 2 saturated carbocycles. The standard InChI is InChI=1S/C45H51N5O6/c1-5-55-38(51)24-19-30-17-21-33(22-18-30)46-42(53)45(25-11-12-26-45)48-47-41(52)32-20-23-34-37(29-32)49-27-28-50(43(54)56-44(2,3)4)36-16-10-9-15-35(36)40(49)39(34)31-13-7-6-8-14-31/h9-10,15-24,29,31H,5-8,11-14,25-28H2,1-4H3,(H,46,53)/b24-19+,48-47?. The van der Waals surface area contributed by atoms with Gasteiger partial charge in [0.2, 0.25) is 0 Å². The lowest BCUT2D eigenvalue weighted by atomic mass is 9.81. The molecule has 0 atom stereocenters. The molecule has 4 aromatic rings. The van der Waals surface area contributed by atoms with Crippen molar-refractivity contribution in [3.63, 3.8) is 0 Å². The van der Waals surface area contributed by atoms with Gasteiger partial charge in [0.15, 0.2) is 5.54 Å². The number of esters is 1. The smallest absolute Gasteiger partial charge is 0.414 e. The fraction of sp³-hybridized carbons (Fsp3) is 0.422. The van der Waals surface area contributed by atoms with E-state index < -0.39 is 23.0 Å². The number of nitrogens with one attached hydrogen (secondary N) is 1. The van der Waals surface area contributed by atoms with E-state index >= 15 is 0 Å². The highest BCUT2D eigenvalue weighted by atomic mass is 16.6. The predicted octanol–water partition coefficient (Wildman–Crippen LogP) is 10.2. The molecule has 3 aromatic carbocycles. The molecule has 7 rings (SSSR count). The van der Waals surface area contributed by atoms with E-state index in [1.165, 1.54) is 18.1 Å². The number of hydrogen-bond acceptors (Lipinski definition) is 7. The molecule has 2 aliphatic carbocycles. The number of anilines is 2. The number of ether oxygens (including phenoxy) is 2. The van der Waals surface area contributed by atoms with Crippen molar-refractivity contribution in [1.82, 2.24) is 4.57 Å². The SMILES string of the molecule is CCOC(=O)/C=C/c1ccc(NC(=O)C2(N=NC(=O)c3ccc4c(C5CCCCC5)c5n(c4c3)CCN(C(=O)OC(C)(C)C)c3ccccc3-5)CCCC2)cc1. The molecule has 56 heavy (non-hydrogen) atoms. The Labute approximate surface area is 328 Å². The summed E-state index contributed by atoms with van der Waals surface area (Å²) in [6.07, 6.45) is 10.9. The molecule has 0 saturated heterocycles. The number of nitrogens with zero attached hydrogens (tertiary/aromatic N) is 4. The fourth-order valence-electron chi connectivity index (χ4n) is 8.38. The van der Waals surface area contributed by atoms with Gasteiger partial charge in [0, 0.05) is 46.9 Å². The van der Waals surface area contributed by atoms with E-state index in [1.807, 2.05) is 57.2 Å². The molecular formula is C45H51N5O6. The summed E-state index contributed by atoms with van der Waals surface area (Å²) in [5, 5.41) is 12.8. The van der Waals surface area contributed by atoms with Crippen molar-refractivity contribution in [2.24, 2.45) is 10.2 Å². The molecule has 0 radical (unpaired) electrons. The third-order valence-electron chi connectivity index (χ3n) is 11.0. The number of carbonyl (C=O) groups excluding carboxylic acids is 4. The normalized spacial score (nSPS) is 17.1. The highest BCUT2D eigenvalue weighted by Crippen LogP contribution is 2.47. The molecule has 1 aromatic heterocycles. The highest BCUT2D eigenvalue weighted by molar-refractivity contribution is 6.04. The summed E-state index contributed by atoms with van der Waals surface area (Å²) in [6.45, 7) is 8.58. The molecule has 3 aliphatic rings. The van der Waals surface area contributed by atoms with Crippen LogP contribution in [0.4, 0.5) is 16.2 Å². The van der Waals surface area contributed by atoms with E-state index in [1.54, 1.807) is 42.2 Å². The lowest BCUT2D eigenvalue weighted by Gasteiger charge is -2.28. The first-order chi connectivity index (χ1) is 27.0. The number of para-hydroxylation sites is 1. The first kappa shape index (κ1) is 38.7. The summed E-state index contributed by atoms with van der Waals surface area (Å²) < 4.78 is 13.1. The Kier molecular flexibility index (Phi) is 11.2. The van der Waals surface area contributed by atoms with Crippen molar-refractivity contribution in [3.05, 3.63) is 89.5 Å². The molecule has 3 amide bonds. The number of carbonyl (C=O) groups is 4. The Morgan fingerprint density at radius 1 is 0.911 bits per heavy atom. The average Bonchev–Trinajstić information content (AvgIpc) is 3.76. The third-order valence-corrected chi connectivity index (χ3v) is 11.0. The van der Waals surface area contributed by atoms with E-state index in [0.717, 1.165) is 71.9 Å². The largest absolute Gasteiger partial charge is 0.463 e. The van der Waals surface area contributed by atoms with Crippen molar-refractivity contribution in [2.45, 2.75) is 109 Å². The number of rotatable bonds is 8. The average molecular weight is 758 g/mol. The molecule has 1 N–H and O–H groups in total. The summed E-state index contributed by atoms with van der Waals surface area (Å²) in [5.74, 6) is -0.886. The van der Waals surface area contributed by atoms with Gasteiger partial charge < -0.3 is 19.4 Å². The molecular weight excluding hydrogens is 707 g/mol. The number of benzene rings is 3. The van der Waals surface area contributed by atoms with Crippen LogP contribution in [0.1, 0.15) is 113 Å². The number of amides is 3. The van der Waals surface area contributed by atoms with Crippen LogP contribution in [-0.4, -0.2) is 52.7 Å². The molecule has 0 spiro atoms. The van der Waals surface area contributed by atoms with Gasteiger partial charge in [0.05, 0.1) is 18.0 Å². The number of fused-ring (bicyclic) bond motifs is 5. The van der Waals surface area contributed by atoms with Crippen molar-refractivity contribution < 1.29 is 28.7 Å². The first-order valence-electron chi connectivity index (χ1n) is 20.0. The van der Waals surface area contributed by atoms with E-state index in [9.17, 15) is 19.2 Å². The van der Waals surface area contributed by atoms with Crippen molar-refractivity contribution in [1.29, 1.82) is 0 Å². The van der Waals surface area contributed by atoms with Crippen LogP contribution in [-0.2, 0) is 25.6 Å². The topological polar surface area (TPSA) is 132 Å². The summed E-state index contributed by atoms with van der Waals surface area (Å²) >= 11 is 0. The number of azo groups is 1. The van der Waals surface area contributed by atoms with Gasteiger partial charge in [-0.15, -0.1) is 5.11 Å². The first-order valence-corrected chi connectivity index (χ1v) is 20.0. The molecule has 0 unspecified atom stereocenters. The molecule has 1 aliphatic heterocycles. The minimum atomic E-state index is -1.16. The fourth-order valence-corrected chi connectivity index (χ4v) is 8.38. The van der Waals surface area contributed by atoms with Crippen LogP contribution in [0.2, 0.25) is 0 Å². The lowest BCUT2D eigenvalue weighted by Crippen LogP contribution is -2.38. The second kappa shape index (κ2) is 16.3. The zero-order valence-corrected chi connectivity index (χ0v) is 32.8.